The molecule has 0 saturated heterocycles. The van der Waals surface area contributed by atoms with Crippen molar-refractivity contribution in [1.82, 2.24) is 5.32 Å². The minimum absolute atomic E-state index is 0.0933. The lowest BCUT2D eigenvalue weighted by Gasteiger charge is -2.27. The largest absolute Gasteiger partial charge is 0.508 e. The number of nitrogens with one attached hydrogen (secondary N) is 1. The Balaban J connectivity index is 2.13. The molecule has 6 heteroatoms. The molecule has 1 aliphatic carbocycles. The molecule has 0 atom stereocenters. The SMILES string of the molecule is CCC1(CNC(=O)c2cc(O)ccc2[N+](=O)[O-])CCCC1. The number of nitrogens with zero attached hydrogens (tertiary/aromatic N) is 1. The first-order valence-corrected chi connectivity index (χ1v) is 7.23. The Morgan fingerprint density at radius 2 is 2.10 bits per heavy atom. The highest BCUT2D eigenvalue weighted by Gasteiger charge is 2.33. The van der Waals surface area contributed by atoms with Gasteiger partial charge >= 0.3 is 0 Å². The summed E-state index contributed by atoms with van der Waals surface area (Å²) in [5.74, 6) is -0.658. The highest BCUT2D eigenvalue weighted by Crippen LogP contribution is 2.40. The van der Waals surface area contributed by atoms with Gasteiger partial charge in [-0.15, -0.1) is 0 Å². The van der Waals surface area contributed by atoms with E-state index in [4.69, 9.17) is 0 Å². The molecule has 0 radical (unpaired) electrons. The van der Waals surface area contributed by atoms with E-state index in [1.54, 1.807) is 0 Å². The summed E-state index contributed by atoms with van der Waals surface area (Å²) in [5, 5.41) is 23.2. The normalized spacial score (nSPS) is 16.6. The first kappa shape index (κ1) is 15.3. The van der Waals surface area contributed by atoms with Gasteiger partial charge in [-0.2, -0.15) is 0 Å². The van der Waals surface area contributed by atoms with E-state index >= 15 is 0 Å². The number of hydrogen-bond acceptors (Lipinski definition) is 4. The molecule has 1 aliphatic rings. The van der Waals surface area contributed by atoms with Crippen molar-refractivity contribution in [2.24, 2.45) is 5.41 Å². The molecule has 1 aromatic carbocycles. The Morgan fingerprint density at radius 1 is 1.43 bits per heavy atom. The zero-order valence-corrected chi connectivity index (χ0v) is 12.1. The van der Waals surface area contributed by atoms with Gasteiger partial charge in [0, 0.05) is 12.6 Å². The van der Waals surface area contributed by atoms with Crippen LogP contribution in [-0.4, -0.2) is 22.5 Å². The third-order valence-corrected chi connectivity index (χ3v) is 4.46. The predicted molar refractivity (Wildman–Crippen MR) is 78.3 cm³/mol. The summed E-state index contributed by atoms with van der Waals surface area (Å²) in [6.07, 6.45) is 5.46. The molecular weight excluding hydrogens is 272 g/mol. The van der Waals surface area contributed by atoms with Gasteiger partial charge < -0.3 is 10.4 Å². The Labute approximate surface area is 123 Å². The molecule has 6 nitrogen and oxygen atoms in total. The summed E-state index contributed by atoms with van der Waals surface area (Å²) in [5.41, 5.74) is -0.270. The van der Waals surface area contributed by atoms with Gasteiger partial charge in [0.2, 0.25) is 0 Å². The first-order chi connectivity index (χ1) is 9.97. The number of benzene rings is 1. The van der Waals surface area contributed by atoms with Crippen molar-refractivity contribution in [3.8, 4) is 5.75 Å². The zero-order valence-electron chi connectivity index (χ0n) is 12.1. The van der Waals surface area contributed by atoms with Crippen LogP contribution in [-0.2, 0) is 0 Å². The topological polar surface area (TPSA) is 92.5 Å². The number of nitro groups is 1. The van der Waals surface area contributed by atoms with Gasteiger partial charge in [-0.25, -0.2) is 0 Å². The molecule has 1 saturated carbocycles. The first-order valence-electron chi connectivity index (χ1n) is 7.23. The second-order valence-electron chi connectivity index (χ2n) is 5.70. The highest BCUT2D eigenvalue weighted by molar-refractivity contribution is 5.98. The molecule has 0 unspecified atom stereocenters. The Bertz CT molecular complexity index is 551. The maximum absolute atomic E-state index is 12.2. The molecule has 0 bridgehead atoms. The van der Waals surface area contributed by atoms with Gasteiger partial charge in [0.05, 0.1) is 4.92 Å². The Morgan fingerprint density at radius 3 is 2.67 bits per heavy atom. The number of nitro benzene ring substituents is 1. The smallest absolute Gasteiger partial charge is 0.282 e. The molecule has 21 heavy (non-hydrogen) atoms. The molecule has 0 spiro atoms. The van der Waals surface area contributed by atoms with Crippen molar-refractivity contribution in [2.75, 3.05) is 6.54 Å². The average molecular weight is 292 g/mol. The van der Waals surface area contributed by atoms with Crippen molar-refractivity contribution in [2.45, 2.75) is 39.0 Å². The molecule has 1 fully saturated rings. The van der Waals surface area contributed by atoms with Crippen LogP contribution in [0.5, 0.6) is 5.75 Å². The summed E-state index contributed by atoms with van der Waals surface area (Å²) in [7, 11) is 0. The third-order valence-electron chi connectivity index (χ3n) is 4.46. The number of rotatable bonds is 5. The van der Waals surface area contributed by atoms with Gasteiger partial charge in [0.15, 0.2) is 0 Å². The van der Waals surface area contributed by atoms with Crippen LogP contribution >= 0.6 is 0 Å². The zero-order chi connectivity index (χ0) is 15.5. The second kappa shape index (κ2) is 6.11. The number of amides is 1. The number of hydrogen-bond donors (Lipinski definition) is 2. The van der Waals surface area contributed by atoms with Crippen molar-refractivity contribution < 1.29 is 14.8 Å². The maximum Gasteiger partial charge on any atom is 0.282 e. The summed E-state index contributed by atoms with van der Waals surface area (Å²) >= 11 is 0. The molecule has 2 N–H and O–H groups in total. The second-order valence-corrected chi connectivity index (χ2v) is 5.70. The minimum Gasteiger partial charge on any atom is -0.508 e. The number of carbonyl (C=O) groups is 1. The van der Waals surface area contributed by atoms with Crippen molar-refractivity contribution in [3.63, 3.8) is 0 Å². The quantitative estimate of drug-likeness (QED) is 0.644. The molecule has 0 aliphatic heterocycles. The van der Waals surface area contributed by atoms with Crippen LogP contribution in [0.2, 0.25) is 0 Å². The summed E-state index contributed by atoms with van der Waals surface area (Å²) in [4.78, 5) is 22.6. The van der Waals surface area contributed by atoms with Gasteiger partial charge in [0.25, 0.3) is 11.6 Å². The van der Waals surface area contributed by atoms with Gasteiger partial charge in [0.1, 0.15) is 11.3 Å². The monoisotopic (exact) mass is 292 g/mol. The Hall–Kier alpha value is -2.11. The van der Waals surface area contributed by atoms with Crippen molar-refractivity contribution in [1.29, 1.82) is 0 Å². The van der Waals surface area contributed by atoms with E-state index in [-0.39, 0.29) is 22.4 Å². The standard InChI is InChI=1S/C15H20N2O4/c1-2-15(7-3-4-8-15)10-16-14(19)12-9-11(18)5-6-13(12)17(20)21/h5-6,9,18H,2-4,7-8,10H2,1H3,(H,16,19). The number of aromatic hydroxyl groups is 1. The van der Waals surface area contributed by atoms with E-state index in [2.05, 4.69) is 12.2 Å². The average Bonchev–Trinajstić information content (AvgIpc) is 2.94. The molecule has 114 valence electrons. The van der Waals surface area contributed by atoms with E-state index in [1.807, 2.05) is 0 Å². The third kappa shape index (κ3) is 3.32. The highest BCUT2D eigenvalue weighted by atomic mass is 16.6. The Kier molecular flexibility index (Phi) is 4.45. The maximum atomic E-state index is 12.2. The lowest BCUT2D eigenvalue weighted by molar-refractivity contribution is -0.385. The van der Waals surface area contributed by atoms with Crippen LogP contribution in [0.25, 0.3) is 0 Å². The van der Waals surface area contributed by atoms with Crippen molar-refractivity contribution >= 4 is 11.6 Å². The van der Waals surface area contributed by atoms with Crippen LogP contribution in [0.3, 0.4) is 0 Å². The van der Waals surface area contributed by atoms with E-state index in [0.717, 1.165) is 44.2 Å². The lowest BCUT2D eigenvalue weighted by atomic mass is 9.83. The molecule has 1 aromatic rings. The van der Waals surface area contributed by atoms with E-state index in [0.29, 0.717) is 6.54 Å². The fourth-order valence-corrected chi connectivity index (χ4v) is 3.01. The number of phenols is 1. The van der Waals surface area contributed by atoms with Gasteiger partial charge in [-0.05, 0) is 36.8 Å². The van der Waals surface area contributed by atoms with E-state index in [9.17, 15) is 20.0 Å². The minimum atomic E-state index is -0.612. The van der Waals surface area contributed by atoms with Crippen LogP contribution in [0.1, 0.15) is 49.4 Å². The summed E-state index contributed by atoms with van der Waals surface area (Å²) < 4.78 is 0. The van der Waals surface area contributed by atoms with Crippen LogP contribution < -0.4 is 5.32 Å². The fourth-order valence-electron chi connectivity index (χ4n) is 3.01. The fraction of sp³-hybridized carbons (Fsp3) is 0.533. The van der Waals surface area contributed by atoms with E-state index < -0.39 is 10.8 Å². The number of phenolic OH excluding ortho intramolecular Hbond substituents is 1. The van der Waals surface area contributed by atoms with Gasteiger partial charge in [-0.1, -0.05) is 19.8 Å². The summed E-state index contributed by atoms with van der Waals surface area (Å²) in [6, 6.07) is 3.50. The molecule has 0 aromatic heterocycles. The molecule has 2 rings (SSSR count). The van der Waals surface area contributed by atoms with Gasteiger partial charge in [-0.3, -0.25) is 14.9 Å². The van der Waals surface area contributed by atoms with E-state index in [1.165, 1.54) is 6.07 Å². The van der Waals surface area contributed by atoms with Crippen LogP contribution in [0, 0.1) is 15.5 Å². The summed E-state index contributed by atoms with van der Waals surface area (Å²) in [6.45, 7) is 2.63. The van der Waals surface area contributed by atoms with Crippen LogP contribution in [0.4, 0.5) is 5.69 Å². The van der Waals surface area contributed by atoms with Crippen LogP contribution in [0.15, 0.2) is 18.2 Å². The molecule has 0 heterocycles. The van der Waals surface area contributed by atoms with Crippen molar-refractivity contribution in [3.05, 3.63) is 33.9 Å². The predicted octanol–water partition coefficient (Wildman–Crippen LogP) is 3.00. The lowest BCUT2D eigenvalue weighted by Crippen LogP contribution is -2.35. The molecule has 1 amide bonds. The number of carbonyl (C=O) groups excluding carboxylic acids is 1. The molecular formula is C15H20N2O4.